The summed E-state index contributed by atoms with van der Waals surface area (Å²) in [5.74, 6) is -0.905. The molecule has 1 aliphatic rings. The van der Waals surface area contributed by atoms with Gasteiger partial charge >= 0.3 is 6.09 Å². The first-order chi connectivity index (χ1) is 17.3. The molecular weight excluding hydrogens is 488 g/mol. The van der Waals surface area contributed by atoms with Gasteiger partial charge in [0.25, 0.3) is 15.9 Å². The molecule has 1 heterocycles. The fourth-order valence-corrected chi connectivity index (χ4v) is 4.86. The summed E-state index contributed by atoms with van der Waals surface area (Å²) < 4.78 is 32.4. The molecule has 0 spiro atoms. The van der Waals surface area contributed by atoms with E-state index >= 15 is 0 Å². The van der Waals surface area contributed by atoms with Crippen molar-refractivity contribution in [3.63, 3.8) is 0 Å². The summed E-state index contributed by atoms with van der Waals surface area (Å²) in [6.07, 6.45) is 5.82. The van der Waals surface area contributed by atoms with Gasteiger partial charge in [0.15, 0.2) is 0 Å². The normalized spacial score (nSPS) is 14.0. The van der Waals surface area contributed by atoms with E-state index in [0.29, 0.717) is 18.5 Å². The maximum absolute atomic E-state index is 12.7. The summed E-state index contributed by atoms with van der Waals surface area (Å²) in [4.78, 5) is 40.0. The Bertz CT molecular complexity index is 1160. The number of benzene rings is 1. The van der Waals surface area contributed by atoms with Gasteiger partial charge in [-0.25, -0.2) is 22.9 Å². The van der Waals surface area contributed by atoms with Crippen molar-refractivity contribution < 1.29 is 32.6 Å². The van der Waals surface area contributed by atoms with Crippen molar-refractivity contribution in [1.82, 2.24) is 20.3 Å². The van der Waals surface area contributed by atoms with Crippen molar-refractivity contribution >= 4 is 27.9 Å². The second-order valence-corrected chi connectivity index (χ2v) is 10.1. The molecule has 0 bridgehead atoms. The van der Waals surface area contributed by atoms with E-state index in [-0.39, 0.29) is 41.3 Å². The number of aliphatic hydroxyl groups is 1. The molecule has 3 amide bonds. The monoisotopic (exact) mass is 518 g/mol. The highest BCUT2D eigenvalue weighted by Gasteiger charge is 2.21. The van der Waals surface area contributed by atoms with E-state index in [2.05, 4.69) is 15.6 Å². The van der Waals surface area contributed by atoms with E-state index in [1.807, 2.05) is 4.72 Å². The molecule has 0 unspecified atom stereocenters. The number of amides is 3. The number of ether oxygens (including phenoxy) is 1. The number of carbonyl (C=O) groups is 3. The van der Waals surface area contributed by atoms with E-state index in [1.165, 1.54) is 30.7 Å². The third-order valence-corrected chi connectivity index (χ3v) is 7.03. The molecule has 0 aliphatic heterocycles. The Morgan fingerprint density at radius 1 is 1.03 bits per heavy atom. The second-order valence-electron chi connectivity index (χ2n) is 8.38. The van der Waals surface area contributed by atoms with Crippen LogP contribution >= 0.6 is 0 Å². The third kappa shape index (κ3) is 8.02. The zero-order valence-electron chi connectivity index (χ0n) is 19.7. The van der Waals surface area contributed by atoms with Crippen LogP contribution in [0.4, 0.5) is 4.79 Å². The van der Waals surface area contributed by atoms with Gasteiger partial charge in [-0.3, -0.25) is 9.59 Å². The van der Waals surface area contributed by atoms with Crippen molar-refractivity contribution in [2.75, 3.05) is 19.7 Å². The van der Waals surface area contributed by atoms with E-state index in [1.54, 1.807) is 12.1 Å². The van der Waals surface area contributed by atoms with Gasteiger partial charge in [-0.05, 0) is 43.0 Å². The lowest BCUT2D eigenvalue weighted by molar-refractivity contribution is -0.125. The minimum Gasteiger partial charge on any atom is -0.395 e. The molecule has 0 saturated heterocycles. The number of hydrogen-bond acceptors (Lipinski definition) is 8. The van der Waals surface area contributed by atoms with Crippen LogP contribution in [-0.4, -0.2) is 56.1 Å². The average Bonchev–Trinajstić information content (AvgIpc) is 2.88. The topological polar surface area (TPSA) is 164 Å². The highest BCUT2D eigenvalue weighted by Crippen LogP contribution is 2.23. The predicted molar refractivity (Wildman–Crippen MR) is 130 cm³/mol. The van der Waals surface area contributed by atoms with Crippen molar-refractivity contribution in [3.8, 4) is 5.88 Å². The van der Waals surface area contributed by atoms with Crippen molar-refractivity contribution in [2.45, 2.75) is 43.4 Å². The lowest BCUT2D eigenvalue weighted by atomic mass is 9.88. The quantitative estimate of drug-likeness (QED) is 0.368. The fourth-order valence-electron chi connectivity index (χ4n) is 3.81. The predicted octanol–water partition coefficient (Wildman–Crippen LogP) is 1.52. The Hall–Kier alpha value is -3.51. The zero-order valence-corrected chi connectivity index (χ0v) is 20.6. The number of sulfonamides is 1. The number of nitrogens with one attached hydrogen (secondary N) is 3. The summed E-state index contributed by atoms with van der Waals surface area (Å²) in [6, 6.07) is 8.67. The zero-order chi connectivity index (χ0) is 26.0. The molecule has 11 nitrogen and oxygen atoms in total. The summed E-state index contributed by atoms with van der Waals surface area (Å²) in [6.45, 7) is 0.146. The van der Waals surface area contributed by atoms with Gasteiger partial charge in [-0.1, -0.05) is 31.4 Å². The number of hydrogen-bond donors (Lipinski definition) is 4. The van der Waals surface area contributed by atoms with Crippen LogP contribution in [0.25, 0.3) is 0 Å². The van der Waals surface area contributed by atoms with Crippen LogP contribution in [0.1, 0.15) is 48.0 Å². The van der Waals surface area contributed by atoms with E-state index in [0.717, 1.165) is 31.9 Å². The Kier molecular flexibility index (Phi) is 9.77. The molecule has 1 aliphatic carbocycles. The first-order valence-electron chi connectivity index (χ1n) is 11.7. The maximum Gasteiger partial charge on any atom is 0.414 e. The third-order valence-electron chi connectivity index (χ3n) is 5.70. The Morgan fingerprint density at radius 2 is 1.81 bits per heavy atom. The molecule has 1 fully saturated rings. The number of aromatic nitrogens is 1. The Balaban J connectivity index is 1.54. The van der Waals surface area contributed by atoms with Gasteiger partial charge in [0.1, 0.15) is 0 Å². The van der Waals surface area contributed by atoms with Crippen LogP contribution in [0, 0.1) is 5.92 Å². The molecule has 1 aromatic carbocycles. The standard InChI is InChI=1S/C24H30N4O7S/c29-14-13-26-24(32)35-21-10-9-19(16-27-21)23(31)28-36(33,34)20-8-4-5-17(15-20)11-12-25-22(30)18-6-2-1-3-7-18/h4-5,8-10,15-16,18,29H,1-3,6-7,11-14H2,(H,25,30)(H,26,32)(H,28,31). The molecule has 3 rings (SSSR count). The Morgan fingerprint density at radius 3 is 2.50 bits per heavy atom. The van der Waals surface area contributed by atoms with Gasteiger partial charge in [-0.15, -0.1) is 0 Å². The molecule has 0 atom stereocenters. The van der Waals surface area contributed by atoms with Crippen LogP contribution in [0.5, 0.6) is 5.88 Å². The number of aliphatic hydroxyl groups excluding tert-OH is 1. The molecule has 4 N–H and O–H groups in total. The van der Waals surface area contributed by atoms with Crippen LogP contribution < -0.4 is 20.1 Å². The molecule has 12 heteroatoms. The summed E-state index contributed by atoms with van der Waals surface area (Å²) in [5, 5.41) is 13.9. The smallest absolute Gasteiger partial charge is 0.395 e. The highest BCUT2D eigenvalue weighted by atomic mass is 32.2. The van der Waals surface area contributed by atoms with Gasteiger partial charge < -0.3 is 20.5 Å². The van der Waals surface area contributed by atoms with Gasteiger partial charge in [-0.2, -0.15) is 0 Å². The van der Waals surface area contributed by atoms with Crippen LogP contribution in [0.15, 0.2) is 47.5 Å². The average molecular weight is 519 g/mol. The van der Waals surface area contributed by atoms with Gasteiger partial charge in [0.2, 0.25) is 11.8 Å². The molecule has 1 aromatic heterocycles. The van der Waals surface area contributed by atoms with Crippen molar-refractivity contribution in [1.29, 1.82) is 0 Å². The van der Waals surface area contributed by atoms with Crippen molar-refractivity contribution in [2.24, 2.45) is 5.92 Å². The summed E-state index contributed by atoms with van der Waals surface area (Å²) in [5.41, 5.74) is 0.653. The number of rotatable bonds is 10. The minimum absolute atomic E-state index is 0.00742. The Labute approximate surface area is 209 Å². The van der Waals surface area contributed by atoms with E-state index in [4.69, 9.17) is 9.84 Å². The number of carbonyl (C=O) groups excluding carboxylic acids is 3. The molecule has 1 saturated carbocycles. The molecule has 194 valence electrons. The summed E-state index contributed by atoms with van der Waals surface area (Å²) in [7, 11) is -4.16. The lowest BCUT2D eigenvalue weighted by Crippen LogP contribution is -2.33. The van der Waals surface area contributed by atoms with Gasteiger partial charge in [0, 0.05) is 31.3 Å². The van der Waals surface area contributed by atoms with Crippen molar-refractivity contribution in [3.05, 3.63) is 53.7 Å². The fraction of sp³-hybridized carbons (Fsp3) is 0.417. The van der Waals surface area contributed by atoms with Gasteiger partial charge in [0.05, 0.1) is 17.1 Å². The van der Waals surface area contributed by atoms with E-state index in [9.17, 15) is 22.8 Å². The molecular formula is C24H30N4O7S. The minimum atomic E-state index is -4.16. The second kappa shape index (κ2) is 13.0. The van der Waals surface area contributed by atoms with E-state index < -0.39 is 22.0 Å². The molecule has 0 radical (unpaired) electrons. The van der Waals surface area contributed by atoms with Crippen LogP contribution in [-0.2, 0) is 21.2 Å². The largest absolute Gasteiger partial charge is 0.414 e. The molecule has 2 aromatic rings. The SMILES string of the molecule is O=C(NCCO)Oc1ccc(C(=O)NS(=O)(=O)c2cccc(CCNC(=O)C3CCCCC3)c2)cn1. The highest BCUT2D eigenvalue weighted by molar-refractivity contribution is 7.90. The first kappa shape index (κ1) is 27.1. The molecule has 36 heavy (non-hydrogen) atoms. The lowest BCUT2D eigenvalue weighted by Gasteiger charge is -2.20. The first-order valence-corrected chi connectivity index (χ1v) is 13.2. The number of nitrogens with zero attached hydrogens (tertiary/aromatic N) is 1. The van der Waals surface area contributed by atoms with Crippen LogP contribution in [0.3, 0.4) is 0 Å². The van der Waals surface area contributed by atoms with Crippen LogP contribution in [0.2, 0.25) is 0 Å². The summed E-state index contributed by atoms with van der Waals surface area (Å²) >= 11 is 0. The number of pyridine rings is 1. The maximum atomic E-state index is 12.7.